The summed E-state index contributed by atoms with van der Waals surface area (Å²) < 4.78 is 0. The molecule has 0 atom stereocenters. The average Bonchev–Trinajstić information content (AvgIpc) is 1.41. The molecule has 0 heterocycles. The summed E-state index contributed by atoms with van der Waals surface area (Å²) in [5.74, 6) is 0. The second-order valence-corrected chi connectivity index (χ2v) is 1.05. The Morgan fingerprint density at radius 3 is 2.17 bits per heavy atom. The molecule has 0 N–H and O–H groups in total. The molecular formula is C5H10Ni. The van der Waals surface area contributed by atoms with Crippen LogP contribution in [0.4, 0.5) is 0 Å². The van der Waals surface area contributed by atoms with Crippen LogP contribution in [0, 0.1) is 13.3 Å². The fourth-order valence-electron chi connectivity index (χ4n) is 0.204. The molecule has 0 radical (unpaired) electrons. The third-order valence-electron chi connectivity index (χ3n) is 0.493. The van der Waals surface area contributed by atoms with Gasteiger partial charge in [-0.15, -0.1) is 0 Å². The van der Waals surface area contributed by atoms with Gasteiger partial charge in [0.05, 0.1) is 0 Å². The average molecular weight is 129 g/mol. The van der Waals surface area contributed by atoms with Crippen molar-refractivity contribution in [2.24, 2.45) is 0 Å². The standard InChI is InChI=1S/C5H10.Ni/c1-3-5-4-2;/h4H,1,3,5H2,2H3;/q-2;+2. The van der Waals surface area contributed by atoms with Crippen molar-refractivity contribution in [3.8, 4) is 0 Å². The van der Waals surface area contributed by atoms with E-state index in [9.17, 15) is 0 Å². The van der Waals surface area contributed by atoms with Gasteiger partial charge in [-0.2, -0.15) is 6.92 Å². The van der Waals surface area contributed by atoms with Gasteiger partial charge in [-0.05, 0) is 0 Å². The van der Waals surface area contributed by atoms with Gasteiger partial charge in [-0.25, -0.2) is 12.8 Å². The van der Waals surface area contributed by atoms with Gasteiger partial charge in [0.15, 0.2) is 0 Å². The summed E-state index contributed by atoms with van der Waals surface area (Å²) in [6, 6.07) is 0. The molecule has 0 bridgehead atoms. The summed E-state index contributed by atoms with van der Waals surface area (Å²) in [6.07, 6.45) is 4.31. The molecule has 40 valence electrons. The van der Waals surface area contributed by atoms with Crippen LogP contribution in [0.15, 0.2) is 0 Å². The topological polar surface area (TPSA) is 0 Å². The summed E-state index contributed by atoms with van der Waals surface area (Å²) in [4.78, 5) is 0. The Kier molecular flexibility index (Phi) is 14.7. The molecule has 0 saturated carbocycles. The van der Waals surface area contributed by atoms with E-state index in [0.29, 0.717) is 0 Å². The second-order valence-electron chi connectivity index (χ2n) is 1.05. The van der Waals surface area contributed by atoms with E-state index >= 15 is 0 Å². The van der Waals surface area contributed by atoms with Crippen LogP contribution in [0.2, 0.25) is 0 Å². The molecule has 0 unspecified atom stereocenters. The predicted molar refractivity (Wildman–Crippen MR) is 24.6 cm³/mol. The van der Waals surface area contributed by atoms with Gasteiger partial charge < -0.3 is 13.3 Å². The number of unbranched alkanes of at least 4 members (excludes halogenated alkanes) is 2. The molecule has 1 heteroatoms. The number of hydrogen-bond acceptors (Lipinski definition) is 0. The molecule has 0 aliphatic rings. The van der Waals surface area contributed by atoms with Crippen molar-refractivity contribution in [2.75, 3.05) is 0 Å². The molecule has 0 fully saturated rings. The van der Waals surface area contributed by atoms with Gasteiger partial charge in [0.2, 0.25) is 0 Å². The normalized spacial score (nSPS) is 7.00. The van der Waals surface area contributed by atoms with Crippen LogP contribution < -0.4 is 0 Å². The first kappa shape index (κ1) is 9.71. The Morgan fingerprint density at radius 2 is 2.17 bits per heavy atom. The van der Waals surface area contributed by atoms with Crippen LogP contribution in [-0.4, -0.2) is 0 Å². The fraction of sp³-hybridized carbons (Fsp3) is 0.600. The quantitative estimate of drug-likeness (QED) is 0.394. The van der Waals surface area contributed by atoms with E-state index in [4.69, 9.17) is 0 Å². The Labute approximate surface area is 50.2 Å². The van der Waals surface area contributed by atoms with E-state index in [1.54, 1.807) is 0 Å². The molecule has 0 aromatic heterocycles. The summed E-state index contributed by atoms with van der Waals surface area (Å²) in [5.41, 5.74) is 0. The van der Waals surface area contributed by atoms with Gasteiger partial charge in [0.1, 0.15) is 0 Å². The van der Waals surface area contributed by atoms with Crippen molar-refractivity contribution >= 4 is 0 Å². The molecule has 6 heavy (non-hydrogen) atoms. The van der Waals surface area contributed by atoms with Crippen molar-refractivity contribution in [3.63, 3.8) is 0 Å². The van der Waals surface area contributed by atoms with E-state index in [1.807, 2.05) is 6.92 Å². The van der Waals surface area contributed by atoms with Gasteiger partial charge in [0.25, 0.3) is 0 Å². The molecule has 0 amide bonds. The van der Waals surface area contributed by atoms with Crippen LogP contribution in [-0.2, 0) is 16.5 Å². The summed E-state index contributed by atoms with van der Waals surface area (Å²) >= 11 is 0. The first-order valence-electron chi connectivity index (χ1n) is 1.99. The minimum absolute atomic E-state index is 0. The zero-order valence-electron chi connectivity index (χ0n) is 4.01. The van der Waals surface area contributed by atoms with Crippen LogP contribution in [0.5, 0.6) is 0 Å². The predicted octanol–water partition coefficient (Wildman–Crippen LogP) is 1.82. The van der Waals surface area contributed by atoms with E-state index in [-0.39, 0.29) is 16.5 Å². The van der Waals surface area contributed by atoms with E-state index in [2.05, 4.69) is 13.3 Å². The van der Waals surface area contributed by atoms with Crippen LogP contribution in [0.25, 0.3) is 0 Å². The van der Waals surface area contributed by atoms with Crippen molar-refractivity contribution in [2.45, 2.75) is 19.8 Å². The maximum atomic E-state index is 3.64. The van der Waals surface area contributed by atoms with E-state index < -0.39 is 0 Å². The Bertz CT molecular complexity index is 11.4. The number of rotatable bonds is 2. The van der Waals surface area contributed by atoms with Gasteiger partial charge in [-0.3, -0.25) is 0 Å². The first-order valence-corrected chi connectivity index (χ1v) is 1.99. The summed E-state index contributed by atoms with van der Waals surface area (Å²) in [5, 5.41) is 0. The molecule has 0 nitrogen and oxygen atoms in total. The third kappa shape index (κ3) is 8.82. The monoisotopic (exact) mass is 128 g/mol. The van der Waals surface area contributed by atoms with E-state index in [1.165, 1.54) is 0 Å². The fourth-order valence-corrected chi connectivity index (χ4v) is 0.204. The maximum Gasteiger partial charge on any atom is 2.00 e. The molecule has 0 aliphatic carbocycles. The minimum Gasteiger partial charge on any atom is -0.346 e. The van der Waals surface area contributed by atoms with Gasteiger partial charge >= 0.3 is 16.5 Å². The molecule has 0 rings (SSSR count). The molecule has 0 aliphatic heterocycles. The Balaban J connectivity index is 0. The zero-order chi connectivity index (χ0) is 4.12. The smallest absolute Gasteiger partial charge is 0.346 e. The number of hydrogen-bond donors (Lipinski definition) is 0. The minimum atomic E-state index is 0. The molecule has 0 spiro atoms. The van der Waals surface area contributed by atoms with Crippen LogP contribution in [0.3, 0.4) is 0 Å². The van der Waals surface area contributed by atoms with Gasteiger partial charge in [0, 0.05) is 0 Å². The first-order chi connectivity index (χ1) is 2.41. The molecule has 0 aromatic rings. The van der Waals surface area contributed by atoms with Crippen molar-refractivity contribution in [1.82, 2.24) is 0 Å². The van der Waals surface area contributed by atoms with Crippen LogP contribution >= 0.6 is 0 Å². The largest absolute Gasteiger partial charge is 2.00 e. The third-order valence-corrected chi connectivity index (χ3v) is 0.493. The SMILES string of the molecule is [CH2-]CC[CH-]C.[Ni+2]. The second kappa shape index (κ2) is 9.09. The summed E-state index contributed by atoms with van der Waals surface area (Å²) in [6.45, 7) is 5.69. The van der Waals surface area contributed by atoms with Crippen LogP contribution in [0.1, 0.15) is 19.8 Å². The molecule has 0 aromatic carbocycles. The van der Waals surface area contributed by atoms with E-state index in [0.717, 1.165) is 12.8 Å². The Hall–Kier alpha value is 0.494. The van der Waals surface area contributed by atoms with Crippen molar-refractivity contribution in [1.29, 1.82) is 0 Å². The zero-order valence-corrected chi connectivity index (χ0v) is 5.00. The van der Waals surface area contributed by atoms with Gasteiger partial charge in [-0.1, -0.05) is 0 Å². The molecule has 0 saturated heterocycles. The summed E-state index contributed by atoms with van der Waals surface area (Å²) in [7, 11) is 0. The molecular weight excluding hydrogens is 119 g/mol. The van der Waals surface area contributed by atoms with Crippen molar-refractivity contribution < 1.29 is 16.5 Å². The Morgan fingerprint density at radius 1 is 1.67 bits per heavy atom. The maximum absolute atomic E-state index is 3.64. The van der Waals surface area contributed by atoms with Crippen molar-refractivity contribution in [3.05, 3.63) is 13.3 Å².